The number of alkyl halides is 1. The summed E-state index contributed by atoms with van der Waals surface area (Å²) < 4.78 is 0. The van der Waals surface area contributed by atoms with E-state index in [1.54, 1.807) is 18.2 Å². The fourth-order valence-electron chi connectivity index (χ4n) is 0.862. The lowest BCUT2D eigenvalue weighted by Gasteiger charge is -2.05. The third kappa shape index (κ3) is 3.77. The van der Waals surface area contributed by atoms with Crippen LogP contribution in [0.2, 0.25) is 5.02 Å². The fraction of sp³-hybridized carbons (Fsp3) is 0.111. The second-order valence-electron chi connectivity index (χ2n) is 2.65. The monoisotopic (exact) mass is 246 g/mol. The first kappa shape index (κ1) is 11.8. The van der Waals surface area contributed by atoms with E-state index < -0.39 is 11.8 Å². The first-order chi connectivity index (χ1) is 7.13. The topological polar surface area (TPSA) is 58.2 Å². The Labute approximate surface area is 96.5 Å². The number of carbonyl (C=O) groups is 2. The normalized spacial score (nSPS) is 9.47. The van der Waals surface area contributed by atoms with Gasteiger partial charge in [0.2, 0.25) is 0 Å². The van der Waals surface area contributed by atoms with E-state index in [-0.39, 0.29) is 5.88 Å². The van der Waals surface area contributed by atoms with Crippen molar-refractivity contribution in [2.24, 2.45) is 0 Å². The summed E-state index contributed by atoms with van der Waals surface area (Å²) in [5.74, 6) is -1.14. The van der Waals surface area contributed by atoms with Gasteiger partial charge in [0.25, 0.3) is 11.8 Å². The number of hydrogen-bond acceptors (Lipinski definition) is 2. The molecule has 0 aliphatic carbocycles. The average Bonchev–Trinajstić information content (AvgIpc) is 2.25. The van der Waals surface area contributed by atoms with Crippen LogP contribution in [0.15, 0.2) is 24.3 Å². The first-order valence-electron chi connectivity index (χ1n) is 4.04. The van der Waals surface area contributed by atoms with Crippen LogP contribution < -0.4 is 10.9 Å². The summed E-state index contributed by atoms with van der Waals surface area (Å²) in [5, 5.41) is 0.450. The quantitative estimate of drug-likeness (QED) is 0.612. The molecular weight excluding hydrogens is 239 g/mol. The molecule has 0 unspecified atom stereocenters. The summed E-state index contributed by atoms with van der Waals surface area (Å²) in [7, 11) is 0. The van der Waals surface area contributed by atoms with Crippen molar-refractivity contribution in [3.8, 4) is 0 Å². The van der Waals surface area contributed by atoms with E-state index >= 15 is 0 Å². The van der Waals surface area contributed by atoms with Gasteiger partial charge in [-0.25, -0.2) is 0 Å². The predicted molar refractivity (Wildman–Crippen MR) is 57.8 cm³/mol. The smallest absolute Gasteiger partial charge is 0.269 e. The van der Waals surface area contributed by atoms with E-state index in [4.69, 9.17) is 23.2 Å². The third-order valence-corrected chi connectivity index (χ3v) is 2.00. The molecule has 2 N–H and O–H groups in total. The number of nitrogens with one attached hydrogen (secondary N) is 2. The van der Waals surface area contributed by atoms with Crippen LogP contribution in [-0.2, 0) is 4.79 Å². The summed E-state index contributed by atoms with van der Waals surface area (Å²) in [6.45, 7) is 0. The van der Waals surface area contributed by atoms with Gasteiger partial charge in [-0.3, -0.25) is 20.4 Å². The van der Waals surface area contributed by atoms with Crippen molar-refractivity contribution in [1.82, 2.24) is 10.9 Å². The highest BCUT2D eigenvalue weighted by Crippen LogP contribution is 2.09. The van der Waals surface area contributed by atoms with Crippen molar-refractivity contribution in [2.45, 2.75) is 0 Å². The highest BCUT2D eigenvalue weighted by atomic mass is 35.5. The lowest BCUT2D eigenvalue weighted by atomic mass is 10.2. The molecule has 0 atom stereocenters. The zero-order chi connectivity index (χ0) is 11.3. The van der Waals surface area contributed by atoms with E-state index in [2.05, 4.69) is 10.9 Å². The lowest BCUT2D eigenvalue weighted by Crippen LogP contribution is -2.42. The minimum atomic E-state index is -0.480. The SMILES string of the molecule is O=C(CCl)NNC(=O)c1cccc(Cl)c1. The van der Waals surface area contributed by atoms with Gasteiger partial charge in [0, 0.05) is 10.6 Å². The molecule has 0 saturated carbocycles. The van der Waals surface area contributed by atoms with Crippen molar-refractivity contribution in [3.63, 3.8) is 0 Å². The molecule has 0 spiro atoms. The van der Waals surface area contributed by atoms with Crippen molar-refractivity contribution in [1.29, 1.82) is 0 Å². The van der Waals surface area contributed by atoms with Gasteiger partial charge in [-0.1, -0.05) is 17.7 Å². The van der Waals surface area contributed by atoms with Crippen LogP contribution in [-0.4, -0.2) is 17.7 Å². The minimum absolute atomic E-state index is 0.212. The maximum atomic E-state index is 11.4. The van der Waals surface area contributed by atoms with Crippen molar-refractivity contribution >= 4 is 35.0 Å². The number of hydrogen-bond donors (Lipinski definition) is 2. The summed E-state index contributed by atoms with van der Waals surface area (Å²) >= 11 is 10.9. The van der Waals surface area contributed by atoms with Gasteiger partial charge in [0.15, 0.2) is 0 Å². The molecule has 1 rings (SSSR count). The number of hydrazine groups is 1. The van der Waals surface area contributed by atoms with Crippen LogP contribution in [0, 0.1) is 0 Å². The first-order valence-corrected chi connectivity index (χ1v) is 4.95. The number of benzene rings is 1. The molecule has 0 saturated heterocycles. The molecule has 0 aliphatic heterocycles. The molecular formula is C9H8Cl2N2O2. The van der Waals surface area contributed by atoms with Crippen LogP contribution in [0.4, 0.5) is 0 Å². The molecule has 0 fully saturated rings. The standard InChI is InChI=1S/C9H8Cl2N2O2/c10-5-8(14)12-13-9(15)6-2-1-3-7(11)4-6/h1-4H,5H2,(H,12,14)(H,13,15). The molecule has 6 heteroatoms. The molecule has 15 heavy (non-hydrogen) atoms. The number of rotatable bonds is 2. The van der Waals surface area contributed by atoms with E-state index in [1.165, 1.54) is 6.07 Å². The highest BCUT2D eigenvalue weighted by molar-refractivity contribution is 6.31. The Morgan fingerprint density at radius 2 is 2.00 bits per heavy atom. The Hall–Kier alpha value is -1.26. The summed E-state index contributed by atoms with van der Waals surface area (Å²) in [5.41, 5.74) is 4.69. The number of amides is 2. The number of halogens is 2. The molecule has 0 radical (unpaired) electrons. The Morgan fingerprint density at radius 3 is 2.60 bits per heavy atom. The fourth-order valence-corrected chi connectivity index (χ4v) is 1.12. The second kappa shape index (κ2) is 5.58. The summed E-state index contributed by atoms with van der Waals surface area (Å²) in [6.07, 6.45) is 0. The molecule has 4 nitrogen and oxygen atoms in total. The Bertz CT molecular complexity index is 382. The van der Waals surface area contributed by atoms with Gasteiger partial charge < -0.3 is 0 Å². The molecule has 2 amide bonds. The lowest BCUT2D eigenvalue weighted by molar-refractivity contribution is -0.119. The maximum Gasteiger partial charge on any atom is 0.269 e. The molecule has 1 aromatic carbocycles. The highest BCUT2D eigenvalue weighted by Gasteiger charge is 2.06. The van der Waals surface area contributed by atoms with Gasteiger partial charge in [0.05, 0.1) is 0 Å². The maximum absolute atomic E-state index is 11.4. The van der Waals surface area contributed by atoms with Crippen LogP contribution in [0.1, 0.15) is 10.4 Å². The zero-order valence-electron chi connectivity index (χ0n) is 7.59. The summed E-state index contributed by atoms with van der Waals surface area (Å²) in [4.78, 5) is 22.1. The van der Waals surface area contributed by atoms with Gasteiger partial charge in [-0.2, -0.15) is 0 Å². The van der Waals surface area contributed by atoms with Crippen LogP contribution in [0.5, 0.6) is 0 Å². The molecule has 0 heterocycles. The van der Waals surface area contributed by atoms with Crippen molar-refractivity contribution < 1.29 is 9.59 Å². The Morgan fingerprint density at radius 1 is 1.27 bits per heavy atom. The van der Waals surface area contributed by atoms with Crippen LogP contribution >= 0.6 is 23.2 Å². The van der Waals surface area contributed by atoms with Gasteiger partial charge in [-0.15, -0.1) is 11.6 Å². The number of carbonyl (C=O) groups excluding carboxylic acids is 2. The van der Waals surface area contributed by atoms with Gasteiger partial charge >= 0.3 is 0 Å². The molecule has 0 aliphatic rings. The van der Waals surface area contributed by atoms with Crippen molar-refractivity contribution in [3.05, 3.63) is 34.9 Å². The molecule has 1 aromatic rings. The van der Waals surface area contributed by atoms with E-state index in [0.29, 0.717) is 10.6 Å². The predicted octanol–water partition coefficient (Wildman–Crippen LogP) is 1.34. The van der Waals surface area contributed by atoms with Gasteiger partial charge in [0.1, 0.15) is 5.88 Å². The molecule has 0 aromatic heterocycles. The zero-order valence-corrected chi connectivity index (χ0v) is 9.10. The van der Waals surface area contributed by atoms with Crippen LogP contribution in [0.25, 0.3) is 0 Å². The average molecular weight is 247 g/mol. The second-order valence-corrected chi connectivity index (χ2v) is 3.35. The van der Waals surface area contributed by atoms with E-state index in [1.807, 2.05) is 0 Å². The van der Waals surface area contributed by atoms with E-state index in [9.17, 15) is 9.59 Å². The molecule has 80 valence electrons. The Balaban J connectivity index is 2.58. The van der Waals surface area contributed by atoms with Crippen LogP contribution in [0.3, 0.4) is 0 Å². The largest absolute Gasteiger partial charge is 0.272 e. The third-order valence-electron chi connectivity index (χ3n) is 1.52. The molecule has 0 bridgehead atoms. The van der Waals surface area contributed by atoms with Gasteiger partial charge in [-0.05, 0) is 18.2 Å². The summed E-state index contributed by atoms with van der Waals surface area (Å²) in [6, 6.07) is 6.36. The van der Waals surface area contributed by atoms with E-state index in [0.717, 1.165) is 0 Å². The van der Waals surface area contributed by atoms with Crippen molar-refractivity contribution in [2.75, 3.05) is 5.88 Å². The minimum Gasteiger partial charge on any atom is -0.272 e. The Kier molecular flexibility index (Phi) is 4.39.